The van der Waals surface area contributed by atoms with Crippen LogP contribution in [0.1, 0.15) is 5.56 Å². The zero-order chi connectivity index (χ0) is 17.0. The van der Waals surface area contributed by atoms with Gasteiger partial charge in [-0.2, -0.15) is 0 Å². The molecule has 1 aliphatic rings. The van der Waals surface area contributed by atoms with Crippen molar-refractivity contribution in [2.45, 2.75) is 5.12 Å². The maximum Gasteiger partial charge on any atom is 0.296 e. The van der Waals surface area contributed by atoms with Crippen molar-refractivity contribution >= 4 is 51.7 Å². The molecule has 0 fully saturated rings. The maximum absolute atomic E-state index is 6.41. The predicted molar refractivity (Wildman–Crippen MR) is 98.4 cm³/mol. The highest BCUT2D eigenvalue weighted by molar-refractivity contribution is 7.99. The van der Waals surface area contributed by atoms with Gasteiger partial charge in [0.15, 0.2) is 0 Å². The Morgan fingerprint density at radius 2 is 1.79 bits per heavy atom. The number of halogens is 2. The van der Waals surface area contributed by atoms with E-state index < -0.39 is 5.12 Å². The largest absolute Gasteiger partial charge is 0.322 e. The van der Waals surface area contributed by atoms with E-state index in [1.165, 1.54) is 11.8 Å². The Kier molecular flexibility index (Phi) is 5.13. The van der Waals surface area contributed by atoms with Gasteiger partial charge in [0, 0.05) is 12.4 Å². The zero-order valence-corrected chi connectivity index (χ0v) is 14.8. The minimum absolute atomic E-state index is 0.230. The normalized spacial score (nSPS) is 20.9. The first-order chi connectivity index (χ1) is 11.6. The fraction of sp³-hybridized carbons (Fsp3) is 0.133. The van der Waals surface area contributed by atoms with Crippen LogP contribution >= 0.6 is 35.0 Å². The molecule has 1 aromatic heterocycles. The molecule has 1 unspecified atom stereocenters. The van der Waals surface area contributed by atoms with Crippen LogP contribution in [0.4, 0.5) is 5.95 Å². The Balaban J connectivity index is 1.94. The Bertz CT molecular complexity index is 809. The van der Waals surface area contributed by atoms with Crippen LogP contribution < -0.4 is 5.32 Å². The van der Waals surface area contributed by atoms with Crippen molar-refractivity contribution in [1.82, 2.24) is 15.3 Å². The van der Waals surface area contributed by atoms with Gasteiger partial charge in [-0.25, -0.2) is 15.0 Å². The first kappa shape index (κ1) is 16.9. The lowest BCUT2D eigenvalue weighted by Gasteiger charge is -2.29. The summed E-state index contributed by atoms with van der Waals surface area (Å²) in [4.78, 5) is 12.4. The number of allylic oxidation sites excluding steroid dienone is 1. The van der Waals surface area contributed by atoms with Gasteiger partial charge in [-0.1, -0.05) is 65.3 Å². The topological polar surface area (TPSA) is 74.9 Å². The number of hydrogen-bond donors (Lipinski definition) is 1. The second-order valence-corrected chi connectivity index (χ2v) is 6.36. The molecular formula is C15H12Cl2N6S. The third-order valence-electron chi connectivity index (χ3n) is 3.12. The van der Waals surface area contributed by atoms with Crippen LogP contribution in [-0.2, 0) is 0 Å². The highest BCUT2D eigenvalue weighted by atomic mass is 35.5. The Labute approximate surface area is 153 Å². The third-order valence-corrected chi connectivity index (χ3v) is 4.52. The van der Waals surface area contributed by atoms with Gasteiger partial charge in [0.2, 0.25) is 0 Å². The molecule has 0 bridgehead atoms. The number of hydrogen-bond acceptors (Lipinski definition) is 7. The first-order valence-corrected chi connectivity index (χ1v) is 8.86. The van der Waals surface area contributed by atoms with Crippen molar-refractivity contribution < 1.29 is 0 Å². The van der Waals surface area contributed by atoms with E-state index in [-0.39, 0.29) is 11.1 Å². The smallest absolute Gasteiger partial charge is 0.296 e. The van der Waals surface area contributed by atoms with Gasteiger partial charge < -0.3 is 5.32 Å². The Hall–Kier alpha value is -1.96. The monoisotopic (exact) mass is 378 g/mol. The van der Waals surface area contributed by atoms with Crippen LogP contribution in [0.5, 0.6) is 0 Å². The van der Waals surface area contributed by atoms with E-state index in [0.717, 1.165) is 5.56 Å². The van der Waals surface area contributed by atoms with Crippen molar-refractivity contribution in [3.8, 4) is 0 Å². The molecule has 2 aromatic rings. The molecule has 1 N–H and O–H groups in total. The van der Waals surface area contributed by atoms with Crippen LogP contribution in [0.15, 0.2) is 69.2 Å². The van der Waals surface area contributed by atoms with Gasteiger partial charge >= 0.3 is 0 Å². The van der Waals surface area contributed by atoms with Gasteiger partial charge in [-0.3, -0.25) is 0 Å². The summed E-state index contributed by atoms with van der Waals surface area (Å²) in [6.45, 7) is 0. The van der Waals surface area contributed by atoms with Crippen LogP contribution in [0, 0.1) is 0 Å². The molecule has 1 atom stereocenters. The summed E-state index contributed by atoms with van der Waals surface area (Å²) >= 11 is 14.1. The molecule has 24 heavy (non-hydrogen) atoms. The number of benzene rings is 1. The molecule has 0 radical (unpaired) electrons. The lowest BCUT2D eigenvalue weighted by molar-refractivity contribution is 0.547. The van der Waals surface area contributed by atoms with E-state index in [2.05, 4.69) is 30.5 Å². The van der Waals surface area contributed by atoms with Crippen LogP contribution in [0.3, 0.4) is 0 Å². The number of thioether (sulfide) groups is 1. The first-order valence-electron chi connectivity index (χ1n) is 6.88. The molecule has 6 nitrogen and oxygen atoms in total. The molecule has 3 rings (SSSR count). The summed E-state index contributed by atoms with van der Waals surface area (Å²) in [5, 5.41) is 10.7. The average molecular weight is 379 g/mol. The molecule has 0 aliphatic carbocycles. The Morgan fingerprint density at radius 1 is 1.08 bits per heavy atom. The molecule has 2 heterocycles. The van der Waals surface area contributed by atoms with Crippen LogP contribution in [-0.4, -0.2) is 26.5 Å². The molecule has 1 aromatic carbocycles. The van der Waals surface area contributed by atoms with E-state index >= 15 is 0 Å². The molecule has 0 amide bonds. The number of nitrogens with one attached hydrogen (secondary N) is 1. The summed E-state index contributed by atoms with van der Waals surface area (Å²) in [6, 6.07) is 11.2. The quantitative estimate of drug-likeness (QED) is 0.632. The number of aromatic nitrogens is 2. The van der Waals surface area contributed by atoms with E-state index in [0.29, 0.717) is 10.7 Å². The average Bonchev–Trinajstić information content (AvgIpc) is 2.61. The third kappa shape index (κ3) is 3.58. The van der Waals surface area contributed by atoms with Gasteiger partial charge in [0.05, 0.1) is 5.57 Å². The highest BCUT2D eigenvalue weighted by Crippen LogP contribution is 2.36. The molecule has 0 saturated carbocycles. The van der Waals surface area contributed by atoms with Crippen LogP contribution in [0.25, 0.3) is 5.57 Å². The number of aliphatic imine (C=N–C) groups is 1. The fourth-order valence-corrected chi connectivity index (χ4v) is 3.32. The van der Waals surface area contributed by atoms with Crippen molar-refractivity contribution in [1.29, 1.82) is 0 Å². The SMILES string of the molecule is CSC1(N=Nc2ncccn2)N=C(Cl)C(c2ccccc2)=C(Cl)N1. The van der Waals surface area contributed by atoms with E-state index in [1.54, 1.807) is 18.5 Å². The van der Waals surface area contributed by atoms with Gasteiger partial charge in [-0.05, 0) is 17.9 Å². The van der Waals surface area contributed by atoms with Crippen molar-refractivity contribution in [3.05, 3.63) is 59.5 Å². The minimum Gasteiger partial charge on any atom is -0.322 e. The van der Waals surface area contributed by atoms with Crippen molar-refractivity contribution in [3.63, 3.8) is 0 Å². The molecular weight excluding hydrogens is 367 g/mol. The van der Waals surface area contributed by atoms with Crippen LogP contribution in [0.2, 0.25) is 0 Å². The molecule has 1 aliphatic heterocycles. The van der Waals surface area contributed by atoms with Crippen molar-refractivity contribution in [2.24, 2.45) is 15.2 Å². The standard InChI is InChI=1S/C15H12Cl2N6S/c1-24-15(23-22-14-18-8-5-9-19-14)20-12(16)11(13(17)21-15)10-6-3-2-4-7-10/h2-9,20H,1H3. The summed E-state index contributed by atoms with van der Waals surface area (Å²) < 4.78 is 0. The molecule has 9 heteroatoms. The minimum atomic E-state index is -1.16. The predicted octanol–water partition coefficient (Wildman–Crippen LogP) is 4.38. The second-order valence-electron chi connectivity index (χ2n) is 4.64. The fourth-order valence-electron chi connectivity index (χ4n) is 2.00. The van der Waals surface area contributed by atoms with E-state index in [1.807, 2.05) is 36.6 Å². The lowest BCUT2D eigenvalue weighted by atomic mass is 10.1. The molecule has 0 spiro atoms. The van der Waals surface area contributed by atoms with Gasteiger partial charge in [-0.15, -0.1) is 10.2 Å². The summed E-state index contributed by atoms with van der Waals surface area (Å²) in [5.41, 5.74) is 1.48. The summed E-state index contributed by atoms with van der Waals surface area (Å²) in [5.74, 6) is 0.230. The summed E-state index contributed by atoms with van der Waals surface area (Å²) in [7, 11) is 0. The Morgan fingerprint density at radius 3 is 2.42 bits per heavy atom. The number of rotatable bonds is 4. The molecule has 0 saturated heterocycles. The number of azo groups is 1. The second kappa shape index (κ2) is 7.29. The van der Waals surface area contributed by atoms with Gasteiger partial charge in [0.1, 0.15) is 10.3 Å². The van der Waals surface area contributed by atoms with Gasteiger partial charge in [0.25, 0.3) is 11.1 Å². The number of nitrogens with zero attached hydrogens (tertiary/aromatic N) is 5. The van der Waals surface area contributed by atoms with E-state index in [9.17, 15) is 0 Å². The maximum atomic E-state index is 6.41. The lowest BCUT2D eigenvalue weighted by Crippen LogP contribution is -2.40. The zero-order valence-electron chi connectivity index (χ0n) is 12.5. The van der Waals surface area contributed by atoms with Crippen molar-refractivity contribution in [2.75, 3.05) is 6.26 Å². The molecule has 122 valence electrons. The van der Waals surface area contributed by atoms with E-state index in [4.69, 9.17) is 23.2 Å². The summed E-state index contributed by atoms with van der Waals surface area (Å²) in [6.07, 6.45) is 4.99. The highest BCUT2D eigenvalue weighted by Gasteiger charge is 2.35.